The van der Waals surface area contributed by atoms with Crippen molar-refractivity contribution in [2.75, 3.05) is 6.61 Å². The highest BCUT2D eigenvalue weighted by atomic mass is 16.5. The molecule has 122 valence electrons. The lowest BCUT2D eigenvalue weighted by molar-refractivity contribution is -0.122. The Morgan fingerprint density at radius 2 is 2.00 bits per heavy atom. The molecule has 24 heavy (non-hydrogen) atoms. The van der Waals surface area contributed by atoms with Gasteiger partial charge in [0.05, 0.1) is 23.7 Å². The number of fused-ring (bicyclic) bond motifs is 1. The second-order valence-corrected chi connectivity index (χ2v) is 4.79. The lowest BCUT2D eigenvalue weighted by Gasteiger charge is -2.08. The van der Waals surface area contributed by atoms with Crippen molar-refractivity contribution in [1.82, 2.24) is 20.6 Å². The quantitative estimate of drug-likeness (QED) is 0.738. The summed E-state index contributed by atoms with van der Waals surface area (Å²) in [6.07, 6.45) is 2.85. The van der Waals surface area contributed by atoms with Crippen LogP contribution < -0.4 is 15.4 Å². The van der Waals surface area contributed by atoms with Crippen molar-refractivity contribution in [3.63, 3.8) is 0 Å². The van der Waals surface area contributed by atoms with E-state index in [2.05, 4.69) is 20.6 Å². The van der Waals surface area contributed by atoms with Crippen LogP contribution >= 0.6 is 0 Å². The van der Waals surface area contributed by atoms with Crippen LogP contribution in [0.25, 0.3) is 10.9 Å². The fourth-order valence-corrected chi connectivity index (χ4v) is 2.02. The molecule has 0 fully saturated rings. The van der Waals surface area contributed by atoms with Gasteiger partial charge in [-0.3, -0.25) is 10.1 Å². The number of hydrogen-bond acceptors (Lipinski definition) is 6. The van der Waals surface area contributed by atoms with Crippen LogP contribution in [0.15, 0.2) is 53.4 Å². The average Bonchev–Trinajstić information content (AvgIpc) is 3.11. The van der Waals surface area contributed by atoms with Crippen molar-refractivity contribution in [1.29, 1.82) is 0 Å². The first-order valence-corrected chi connectivity index (χ1v) is 7.15. The number of nitrogens with one attached hydrogen (secondary N) is 2. The molecule has 0 aliphatic carbocycles. The second-order valence-electron chi connectivity index (χ2n) is 4.79. The highest BCUT2D eigenvalue weighted by molar-refractivity contribution is 5.95. The van der Waals surface area contributed by atoms with Gasteiger partial charge in [-0.1, -0.05) is 12.1 Å². The van der Waals surface area contributed by atoms with Crippen LogP contribution in [0.4, 0.5) is 4.79 Å². The largest absolute Gasteiger partial charge is 0.467 e. The van der Waals surface area contributed by atoms with E-state index in [-0.39, 0.29) is 19.0 Å². The molecule has 0 atom stereocenters. The normalized spacial score (nSPS) is 10.3. The molecule has 0 spiro atoms. The van der Waals surface area contributed by atoms with Crippen LogP contribution in [0.1, 0.15) is 5.76 Å². The molecule has 8 nitrogen and oxygen atoms in total. The zero-order valence-electron chi connectivity index (χ0n) is 12.6. The Balaban J connectivity index is 1.50. The molecular formula is C16H14N4O4. The predicted octanol–water partition coefficient (Wildman–Crippen LogP) is 1.63. The van der Waals surface area contributed by atoms with Crippen molar-refractivity contribution >= 4 is 22.8 Å². The molecule has 1 aromatic carbocycles. The molecule has 8 heteroatoms. The number of benzene rings is 1. The number of amides is 3. The van der Waals surface area contributed by atoms with Crippen LogP contribution in [0, 0.1) is 0 Å². The fourth-order valence-electron chi connectivity index (χ4n) is 2.02. The summed E-state index contributed by atoms with van der Waals surface area (Å²) in [6, 6.07) is 10.1. The topological polar surface area (TPSA) is 106 Å². The number of rotatable bonds is 5. The van der Waals surface area contributed by atoms with Gasteiger partial charge in [-0.25, -0.2) is 14.8 Å². The van der Waals surface area contributed by atoms with Gasteiger partial charge in [0.2, 0.25) is 5.88 Å². The van der Waals surface area contributed by atoms with E-state index in [0.29, 0.717) is 16.7 Å². The van der Waals surface area contributed by atoms with E-state index < -0.39 is 11.9 Å². The maximum atomic E-state index is 11.8. The van der Waals surface area contributed by atoms with Gasteiger partial charge in [-0.05, 0) is 24.3 Å². The summed E-state index contributed by atoms with van der Waals surface area (Å²) in [5, 5.41) is 5.35. The average molecular weight is 326 g/mol. The van der Waals surface area contributed by atoms with Gasteiger partial charge in [0, 0.05) is 0 Å². The zero-order valence-corrected chi connectivity index (χ0v) is 12.6. The van der Waals surface area contributed by atoms with E-state index in [0.717, 1.165) is 0 Å². The smallest absolute Gasteiger partial charge is 0.321 e. The molecule has 0 saturated heterocycles. The van der Waals surface area contributed by atoms with Crippen LogP contribution in [0.2, 0.25) is 0 Å². The van der Waals surface area contributed by atoms with Crippen LogP contribution in [-0.2, 0) is 11.3 Å². The molecule has 0 unspecified atom stereocenters. The molecule has 0 bridgehead atoms. The van der Waals surface area contributed by atoms with Crippen LogP contribution in [-0.4, -0.2) is 28.5 Å². The van der Waals surface area contributed by atoms with Crippen LogP contribution in [0.3, 0.4) is 0 Å². The molecule has 3 aromatic rings. The first-order chi connectivity index (χ1) is 11.7. The van der Waals surface area contributed by atoms with Gasteiger partial charge in [0.15, 0.2) is 6.61 Å². The van der Waals surface area contributed by atoms with Crippen molar-refractivity contribution in [2.24, 2.45) is 0 Å². The van der Waals surface area contributed by atoms with Crippen molar-refractivity contribution < 1.29 is 18.7 Å². The van der Waals surface area contributed by atoms with Gasteiger partial charge < -0.3 is 14.5 Å². The Kier molecular flexibility index (Phi) is 4.66. The molecule has 0 radical (unpaired) electrons. The number of carbonyl (C=O) groups excluding carboxylic acids is 2. The third-order valence-corrected chi connectivity index (χ3v) is 3.10. The molecule has 0 saturated carbocycles. The van der Waals surface area contributed by atoms with E-state index in [1.54, 1.807) is 18.2 Å². The standard InChI is InChI=1S/C16H14N4O4/c21-14(20-16(22)17-8-11-4-3-7-23-11)9-24-15-12-5-1-2-6-13(12)18-10-19-15/h1-7,10H,8-9H2,(H2,17,20,21,22). The minimum absolute atomic E-state index is 0.184. The van der Waals surface area contributed by atoms with Crippen LogP contribution in [0.5, 0.6) is 5.88 Å². The van der Waals surface area contributed by atoms with E-state index in [1.807, 2.05) is 18.2 Å². The molecule has 3 rings (SSSR count). The summed E-state index contributed by atoms with van der Waals surface area (Å²) in [5.74, 6) is 0.280. The van der Waals surface area contributed by atoms with Crippen molar-refractivity contribution in [2.45, 2.75) is 6.54 Å². The Labute approximate surface area is 136 Å². The van der Waals surface area contributed by atoms with Crippen molar-refractivity contribution in [3.8, 4) is 5.88 Å². The Bertz CT molecular complexity index is 843. The number of urea groups is 1. The summed E-state index contributed by atoms with van der Waals surface area (Å²) in [6.45, 7) is -0.154. The van der Waals surface area contributed by atoms with E-state index in [1.165, 1.54) is 12.6 Å². The summed E-state index contributed by atoms with van der Waals surface area (Å²) in [5.41, 5.74) is 0.707. The summed E-state index contributed by atoms with van der Waals surface area (Å²) < 4.78 is 10.4. The first-order valence-electron chi connectivity index (χ1n) is 7.15. The highest BCUT2D eigenvalue weighted by Crippen LogP contribution is 2.20. The lowest BCUT2D eigenvalue weighted by Crippen LogP contribution is -2.41. The third-order valence-electron chi connectivity index (χ3n) is 3.10. The maximum absolute atomic E-state index is 11.8. The zero-order chi connectivity index (χ0) is 16.8. The molecular weight excluding hydrogens is 312 g/mol. The van der Waals surface area contributed by atoms with E-state index in [4.69, 9.17) is 9.15 Å². The summed E-state index contributed by atoms with van der Waals surface area (Å²) in [4.78, 5) is 31.5. The molecule has 0 aliphatic heterocycles. The second kappa shape index (κ2) is 7.23. The first kappa shape index (κ1) is 15.5. The van der Waals surface area contributed by atoms with E-state index in [9.17, 15) is 9.59 Å². The molecule has 0 aliphatic rings. The van der Waals surface area contributed by atoms with E-state index >= 15 is 0 Å². The summed E-state index contributed by atoms with van der Waals surface area (Å²) in [7, 11) is 0. The number of furan rings is 1. The SMILES string of the molecule is O=C(COc1ncnc2ccccc12)NC(=O)NCc1ccco1. The highest BCUT2D eigenvalue weighted by Gasteiger charge is 2.11. The minimum atomic E-state index is -0.632. The molecule has 3 amide bonds. The number of aromatic nitrogens is 2. The van der Waals surface area contributed by atoms with Crippen molar-refractivity contribution in [3.05, 3.63) is 54.7 Å². The Hall–Kier alpha value is -3.42. The van der Waals surface area contributed by atoms with Gasteiger partial charge >= 0.3 is 6.03 Å². The number of nitrogens with zero attached hydrogens (tertiary/aromatic N) is 2. The number of ether oxygens (including phenoxy) is 1. The van der Waals surface area contributed by atoms with Gasteiger partial charge in [0.1, 0.15) is 12.1 Å². The number of carbonyl (C=O) groups is 2. The third kappa shape index (κ3) is 3.86. The van der Waals surface area contributed by atoms with Gasteiger partial charge in [-0.15, -0.1) is 0 Å². The Morgan fingerprint density at radius 1 is 1.12 bits per heavy atom. The van der Waals surface area contributed by atoms with Gasteiger partial charge in [-0.2, -0.15) is 0 Å². The molecule has 2 aromatic heterocycles. The minimum Gasteiger partial charge on any atom is -0.467 e. The predicted molar refractivity (Wildman–Crippen MR) is 84.1 cm³/mol. The number of hydrogen-bond donors (Lipinski definition) is 2. The fraction of sp³-hybridized carbons (Fsp3) is 0.125. The maximum Gasteiger partial charge on any atom is 0.321 e. The lowest BCUT2D eigenvalue weighted by atomic mass is 10.2. The summed E-state index contributed by atoms with van der Waals surface area (Å²) >= 11 is 0. The molecule has 2 heterocycles. The Morgan fingerprint density at radius 3 is 2.83 bits per heavy atom. The van der Waals surface area contributed by atoms with Gasteiger partial charge in [0.25, 0.3) is 5.91 Å². The number of imide groups is 1. The molecule has 2 N–H and O–H groups in total. The monoisotopic (exact) mass is 326 g/mol. The number of para-hydroxylation sites is 1.